The first kappa shape index (κ1) is 23.1. The first-order valence-electron chi connectivity index (χ1n) is 9.81. The number of nitrogens with zero attached hydrogens (tertiary/aromatic N) is 4. The summed E-state index contributed by atoms with van der Waals surface area (Å²) in [7, 11) is 0. The van der Waals surface area contributed by atoms with Crippen LogP contribution in [-0.4, -0.2) is 31.3 Å². The van der Waals surface area contributed by atoms with Gasteiger partial charge < -0.3 is 15.4 Å². The number of hydrogen-bond acceptors (Lipinski definition) is 6. The molecule has 0 saturated heterocycles. The van der Waals surface area contributed by atoms with Crippen molar-refractivity contribution in [3.63, 3.8) is 0 Å². The van der Waals surface area contributed by atoms with Crippen LogP contribution in [0.2, 0.25) is 0 Å². The number of amides is 2. The topological polar surface area (TPSA) is 94.0 Å². The number of rotatable bonds is 6. The number of benzene rings is 2. The van der Waals surface area contributed by atoms with E-state index in [0.29, 0.717) is 34.6 Å². The summed E-state index contributed by atoms with van der Waals surface area (Å²) in [6.45, 7) is 1.74. The molecule has 0 bridgehead atoms. The summed E-state index contributed by atoms with van der Waals surface area (Å²) in [6.07, 6.45) is 3.40. The molecule has 0 spiro atoms. The monoisotopic (exact) mass is 486 g/mol. The van der Waals surface area contributed by atoms with Gasteiger partial charge in [0.15, 0.2) is 5.82 Å². The van der Waals surface area contributed by atoms with Crippen molar-refractivity contribution in [2.24, 2.45) is 0 Å². The van der Waals surface area contributed by atoms with Crippen LogP contribution in [0.4, 0.5) is 29.3 Å². The lowest BCUT2D eigenvalue weighted by molar-refractivity contribution is -0.0328. The number of halogens is 3. The molecule has 2 aromatic heterocycles. The largest absolute Gasteiger partial charge is 0.446 e. The Hall–Kier alpha value is -4.06. The van der Waals surface area contributed by atoms with Gasteiger partial charge in [-0.3, -0.25) is 0 Å². The van der Waals surface area contributed by atoms with Gasteiger partial charge in [-0.1, -0.05) is 0 Å². The lowest BCUT2D eigenvalue weighted by atomic mass is 10.3. The van der Waals surface area contributed by atoms with E-state index >= 15 is 0 Å². The fourth-order valence-corrected chi connectivity index (χ4v) is 3.40. The van der Waals surface area contributed by atoms with Crippen molar-refractivity contribution in [3.8, 4) is 17.4 Å². The number of hydrogen-bond donors (Lipinski definition) is 2. The highest BCUT2D eigenvalue weighted by Gasteiger charge is 2.29. The van der Waals surface area contributed by atoms with Gasteiger partial charge in [0.2, 0.25) is 5.88 Å². The number of anilines is 2. The zero-order valence-electron chi connectivity index (χ0n) is 17.6. The normalized spacial score (nSPS) is 11.2. The molecule has 2 N–H and O–H groups in total. The first-order valence-corrected chi connectivity index (χ1v) is 10.6. The highest BCUT2D eigenvalue weighted by molar-refractivity contribution is 8.00. The molecule has 34 heavy (non-hydrogen) atoms. The highest BCUT2D eigenvalue weighted by atomic mass is 32.2. The van der Waals surface area contributed by atoms with Gasteiger partial charge in [-0.05, 0) is 73.3 Å². The van der Waals surface area contributed by atoms with E-state index in [1.807, 2.05) is 0 Å². The molecule has 0 aliphatic heterocycles. The maximum Gasteiger partial charge on any atom is 0.446 e. The van der Waals surface area contributed by atoms with Gasteiger partial charge in [0.25, 0.3) is 0 Å². The Morgan fingerprint density at radius 1 is 1.00 bits per heavy atom. The Morgan fingerprint density at radius 3 is 2.24 bits per heavy atom. The van der Waals surface area contributed by atoms with Gasteiger partial charge >= 0.3 is 11.5 Å². The van der Waals surface area contributed by atoms with E-state index in [-0.39, 0.29) is 16.7 Å². The van der Waals surface area contributed by atoms with Crippen LogP contribution >= 0.6 is 11.8 Å². The van der Waals surface area contributed by atoms with Crippen molar-refractivity contribution in [2.75, 3.05) is 10.6 Å². The fraction of sp³-hybridized carbons (Fsp3) is 0.0909. The number of aryl methyl sites for hydroxylation is 1. The minimum Gasteiger partial charge on any atom is -0.439 e. The summed E-state index contributed by atoms with van der Waals surface area (Å²) in [5.41, 5.74) is -3.52. The van der Waals surface area contributed by atoms with Crippen LogP contribution < -0.4 is 15.4 Å². The average molecular weight is 486 g/mol. The maximum absolute atomic E-state index is 12.4. The number of carbonyl (C=O) groups excluding carboxylic acids is 1. The Bertz CT molecular complexity index is 1260. The molecule has 2 aromatic carbocycles. The molecule has 2 heterocycles. The van der Waals surface area contributed by atoms with Crippen LogP contribution in [0.3, 0.4) is 0 Å². The number of aromatic nitrogens is 4. The number of thioether (sulfide) groups is 1. The van der Waals surface area contributed by atoms with Gasteiger partial charge in [-0.2, -0.15) is 23.3 Å². The highest BCUT2D eigenvalue weighted by Crippen LogP contribution is 2.37. The van der Waals surface area contributed by atoms with Crippen molar-refractivity contribution in [1.82, 2.24) is 19.7 Å². The Kier molecular flexibility index (Phi) is 6.68. The minimum absolute atomic E-state index is 0.0321. The van der Waals surface area contributed by atoms with E-state index in [4.69, 9.17) is 4.74 Å². The lowest BCUT2D eigenvalue weighted by Gasteiger charge is -2.10. The van der Waals surface area contributed by atoms with Crippen LogP contribution in [-0.2, 0) is 0 Å². The predicted molar refractivity (Wildman–Crippen MR) is 121 cm³/mol. The molecule has 0 saturated carbocycles. The smallest absolute Gasteiger partial charge is 0.439 e. The molecule has 0 aliphatic carbocycles. The van der Waals surface area contributed by atoms with Gasteiger partial charge in [0, 0.05) is 34.7 Å². The Labute approximate surface area is 196 Å². The average Bonchev–Trinajstić information content (AvgIpc) is 3.30. The molecule has 8 nitrogen and oxygen atoms in total. The van der Waals surface area contributed by atoms with Crippen molar-refractivity contribution >= 4 is 29.2 Å². The fourth-order valence-electron chi connectivity index (χ4n) is 2.86. The SMILES string of the molecule is Cc1nc(Oc2ccc(NC(=O)Nc3ccc(SC(F)(F)F)cc3)cc2)cc(-n2cccn2)n1. The maximum atomic E-state index is 12.4. The molecular weight excluding hydrogens is 469 g/mol. The first-order chi connectivity index (χ1) is 16.2. The second-order valence-electron chi connectivity index (χ2n) is 6.84. The molecular formula is C22H17F3N6O2S. The summed E-state index contributed by atoms with van der Waals surface area (Å²) in [6, 6.07) is 14.8. The number of ether oxygens (including phenoxy) is 1. The molecule has 0 radical (unpaired) electrons. The lowest BCUT2D eigenvalue weighted by Crippen LogP contribution is -2.19. The second-order valence-corrected chi connectivity index (χ2v) is 7.98. The van der Waals surface area contributed by atoms with E-state index in [9.17, 15) is 18.0 Å². The molecule has 0 unspecified atom stereocenters. The van der Waals surface area contributed by atoms with E-state index in [1.165, 1.54) is 24.3 Å². The van der Waals surface area contributed by atoms with Crippen molar-refractivity contribution < 1.29 is 22.7 Å². The number of urea groups is 1. The van der Waals surface area contributed by atoms with Crippen LogP contribution in [0.5, 0.6) is 11.6 Å². The predicted octanol–water partition coefficient (Wildman–Crippen LogP) is 6.02. The van der Waals surface area contributed by atoms with Gasteiger partial charge in [0.1, 0.15) is 11.6 Å². The molecule has 12 heteroatoms. The molecule has 174 valence electrons. The van der Waals surface area contributed by atoms with E-state index in [1.54, 1.807) is 60.4 Å². The zero-order chi connectivity index (χ0) is 24.1. The molecule has 0 aliphatic rings. The van der Waals surface area contributed by atoms with E-state index < -0.39 is 11.5 Å². The molecule has 0 atom stereocenters. The second kappa shape index (κ2) is 9.83. The molecule has 4 aromatic rings. The molecule has 2 amide bonds. The molecule has 0 fully saturated rings. The number of nitrogens with one attached hydrogen (secondary N) is 2. The third-order valence-corrected chi connectivity index (χ3v) is 4.96. The van der Waals surface area contributed by atoms with Crippen molar-refractivity contribution in [1.29, 1.82) is 0 Å². The van der Waals surface area contributed by atoms with Crippen LogP contribution in [0, 0.1) is 6.92 Å². The zero-order valence-corrected chi connectivity index (χ0v) is 18.4. The van der Waals surface area contributed by atoms with Gasteiger partial charge in [-0.15, -0.1) is 0 Å². The van der Waals surface area contributed by atoms with Crippen LogP contribution in [0.15, 0.2) is 78.0 Å². The van der Waals surface area contributed by atoms with Gasteiger partial charge in [0.05, 0.1) is 0 Å². The summed E-state index contributed by atoms with van der Waals surface area (Å²) in [4.78, 5) is 20.8. The quantitative estimate of drug-likeness (QED) is 0.324. The number of carbonyl (C=O) groups is 1. The number of alkyl halides is 3. The summed E-state index contributed by atoms with van der Waals surface area (Å²) in [5.74, 6) is 1.91. The summed E-state index contributed by atoms with van der Waals surface area (Å²) < 4.78 is 44.6. The van der Waals surface area contributed by atoms with E-state index in [0.717, 1.165) is 0 Å². The Morgan fingerprint density at radius 2 is 1.65 bits per heavy atom. The third-order valence-electron chi connectivity index (χ3n) is 4.22. The standard InChI is InChI=1S/C22H17F3N6O2S/c1-14-27-19(31-12-2-11-26-31)13-20(28-14)33-17-7-3-15(4-8-17)29-21(32)30-16-5-9-18(10-6-16)34-22(23,24)25/h2-13H,1H3,(H2,29,30,32). The summed E-state index contributed by atoms with van der Waals surface area (Å²) >= 11 is -0.219. The minimum atomic E-state index is -4.36. The van der Waals surface area contributed by atoms with E-state index in [2.05, 4.69) is 25.7 Å². The molecule has 4 rings (SSSR count). The van der Waals surface area contributed by atoms with Crippen molar-refractivity contribution in [2.45, 2.75) is 17.3 Å². The van der Waals surface area contributed by atoms with Crippen LogP contribution in [0.25, 0.3) is 5.82 Å². The van der Waals surface area contributed by atoms with Gasteiger partial charge in [-0.25, -0.2) is 14.5 Å². The third kappa shape index (κ3) is 6.48. The summed E-state index contributed by atoms with van der Waals surface area (Å²) in [5, 5.41) is 9.35. The van der Waals surface area contributed by atoms with Crippen molar-refractivity contribution in [3.05, 3.63) is 78.9 Å². The van der Waals surface area contributed by atoms with Crippen LogP contribution in [0.1, 0.15) is 5.82 Å². The Balaban J connectivity index is 1.34.